The maximum atomic E-state index is 6.12. The van der Waals surface area contributed by atoms with Gasteiger partial charge in [-0.25, -0.2) is 29.9 Å². The summed E-state index contributed by atoms with van der Waals surface area (Å²) in [6, 6.07) is 109. The molecule has 0 saturated carbocycles. The van der Waals surface area contributed by atoms with Gasteiger partial charge in [0.15, 0.2) is 0 Å². The Morgan fingerprint density at radius 2 is 0.442 bits per heavy atom. The normalized spacial score (nSPS) is 12.4. The van der Waals surface area contributed by atoms with Gasteiger partial charge in [-0.3, -0.25) is 0 Å². The van der Waals surface area contributed by atoms with E-state index in [1.165, 1.54) is 11.1 Å². The molecule has 6 aliphatic heterocycles. The Labute approximate surface area is 799 Å². The van der Waals surface area contributed by atoms with Crippen molar-refractivity contribution < 1.29 is 4.74 Å². The topological polar surface area (TPSA) is 181 Å². The van der Waals surface area contributed by atoms with Crippen molar-refractivity contribution in [2.45, 2.75) is 66.7 Å². The van der Waals surface area contributed by atoms with Crippen molar-refractivity contribution in [3.05, 3.63) is 399 Å². The average Bonchev–Trinajstić information content (AvgIpc) is 1.59. The van der Waals surface area contributed by atoms with Crippen LogP contribution in [0.5, 0.6) is 5.75 Å². The Morgan fingerprint density at radius 3 is 0.746 bits per heavy atom. The van der Waals surface area contributed by atoms with E-state index in [9.17, 15) is 0 Å². The van der Waals surface area contributed by atoms with Gasteiger partial charge in [0.2, 0.25) is 0 Å². The molecule has 15 heterocycles. The highest BCUT2D eigenvalue weighted by molar-refractivity contribution is 6.12. The minimum atomic E-state index is 0.727. The highest BCUT2D eigenvalue weighted by Gasteiger charge is 2.29. The first-order valence-corrected chi connectivity index (χ1v) is 47.6. The molecule has 0 unspecified atom stereocenters. The summed E-state index contributed by atoms with van der Waals surface area (Å²) in [5.74, 6) is 0.727. The van der Waals surface area contributed by atoms with Crippen LogP contribution >= 0.6 is 0 Å². The van der Waals surface area contributed by atoms with Crippen LogP contribution in [0.15, 0.2) is 303 Å². The second kappa shape index (κ2) is 35.2. The minimum absolute atomic E-state index is 0.727. The molecule has 24 rings (SSSR count). The zero-order valence-electron chi connectivity index (χ0n) is 77.4. The molecule has 18 aromatic rings. The van der Waals surface area contributed by atoms with Gasteiger partial charge in [0, 0.05) is 133 Å². The third-order valence-corrected chi connectivity index (χ3v) is 27.4. The number of aromatic nitrogens is 12. The van der Waals surface area contributed by atoms with Gasteiger partial charge < -0.3 is 34.6 Å². The number of nitrogens with zero attached hydrogens (tertiary/aromatic N) is 6. The summed E-state index contributed by atoms with van der Waals surface area (Å²) in [7, 11) is 1.72. The van der Waals surface area contributed by atoms with E-state index >= 15 is 0 Å². The van der Waals surface area contributed by atoms with Gasteiger partial charge in [0.05, 0.1) is 86.5 Å². The van der Waals surface area contributed by atoms with Crippen molar-refractivity contribution in [1.82, 2.24) is 59.8 Å². The van der Waals surface area contributed by atoms with Gasteiger partial charge in [0.1, 0.15) is 5.75 Å². The number of aryl methyl sites for hydroxylation is 5. The van der Waals surface area contributed by atoms with Crippen LogP contribution in [0.2, 0.25) is 0 Å². The lowest BCUT2D eigenvalue weighted by Gasteiger charge is -2.10. The van der Waals surface area contributed by atoms with E-state index in [1.54, 1.807) is 7.11 Å². The zero-order chi connectivity index (χ0) is 92.6. The SMILES string of the molecule is CCCCCCc1c2nc(c(-c3cc4[nH]c3c(-c3ccccc3)c3nc(c(-c5ccccc5)c5ccc([nH]5)c(-c5ccccc5)c5nc(c4-c4ccccc4)C=C5)C=C3)c3ccc([nH]3)c(-c3ccc(OC)cc3)c3nc(c(-c4cc5[nH]c4c(-c4ccc(C)cc4)c4nc(c(-c6ccc(C)cc6)c6ccc([nH]6)c(-c6ccc(C)cc6)c6nc(c5-c5ccc(C)cc5)C=C6)C=C4)c4ccc1[nH]4)C=C3)C=C2. The number of ether oxygens (including phenoxy) is 1. The molecule has 9 aromatic heterocycles. The fourth-order valence-electron chi connectivity index (χ4n) is 20.6. The van der Waals surface area contributed by atoms with E-state index in [1.807, 2.05) is 12.1 Å². The summed E-state index contributed by atoms with van der Waals surface area (Å²) in [6.07, 6.45) is 31.2. The van der Waals surface area contributed by atoms with Crippen LogP contribution in [0.1, 0.15) is 129 Å². The first kappa shape index (κ1) is 83.6. The summed E-state index contributed by atoms with van der Waals surface area (Å²) >= 11 is 0. The standard InChI is InChI=1S/C125H96N12O/c1-7-8-9-22-31-88-91-52-54-107(126-91)122(89-72-111-118(80-27-18-12-19-28-80)103-62-60-95(130-103)113(78-23-14-10-15-24-78)93-56-57-94(128-93)114(79-25-16-11-17-26-79)96-64-68-105(132-96)120(124(89)136-111)81-29-20-13-21-30-81)109-70-66-101(134-109)117(85-48-50-87(138-6)51-49-85)102-67-71-110(135-102)123(108-55-53-92(88)127-108)90-73-112-119(84-44-36-76(4)37-45-84)104-63-61-99(131-104)115(82-40-32-74(2)33-41-82)97-58-59-98(129-97)116(83-42-34-75(3)35-43-83)100-65-69-106(133-100)121(125(90)137-112)86-46-38-77(5)39-47-86/h10-21,23-30,32-73,127-129,134,136-137H,7-9,22,31H2,1-6H3. The summed E-state index contributed by atoms with van der Waals surface area (Å²) in [5, 5.41) is 0. The lowest BCUT2D eigenvalue weighted by Crippen LogP contribution is -1.93. The van der Waals surface area contributed by atoms with Gasteiger partial charge in [-0.15, -0.1) is 0 Å². The highest BCUT2D eigenvalue weighted by Crippen LogP contribution is 2.49. The molecule has 6 N–H and O–H groups in total. The number of unbranched alkanes of at least 4 members (excludes halogenated alkanes) is 3. The molecular weight excluding hydrogens is 1690 g/mol. The summed E-state index contributed by atoms with van der Waals surface area (Å²) in [5.41, 5.74) is 46.7. The van der Waals surface area contributed by atoms with Crippen LogP contribution in [-0.4, -0.2) is 66.9 Å². The van der Waals surface area contributed by atoms with Crippen molar-refractivity contribution in [1.29, 1.82) is 0 Å². The maximum Gasteiger partial charge on any atom is 0.118 e. The highest BCUT2D eigenvalue weighted by atomic mass is 16.5. The van der Waals surface area contributed by atoms with Gasteiger partial charge >= 0.3 is 0 Å². The lowest BCUT2D eigenvalue weighted by atomic mass is 9.97. The monoisotopic (exact) mass is 1780 g/mol. The van der Waals surface area contributed by atoms with Crippen LogP contribution < -0.4 is 4.74 Å². The molecule has 0 fully saturated rings. The summed E-state index contributed by atoms with van der Waals surface area (Å²) in [6.45, 7) is 10.9. The Balaban J connectivity index is 0.847. The number of hydrogen-bond acceptors (Lipinski definition) is 7. The molecule has 0 radical (unpaired) electrons. The number of methoxy groups -OCH3 is 1. The summed E-state index contributed by atoms with van der Waals surface area (Å²) < 4.78 is 5.99. The van der Waals surface area contributed by atoms with E-state index in [0.29, 0.717) is 0 Å². The van der Waals surface area contributed by atoms with Gasteiger partial charge in [-0.1, -0.05) is 279 Å². The quantitative estimate of drug-likeness (QED) is 0.0491. The van der Waals surface area contributed by atoms with Crippen molar-refractivity contribution in [2.24, 2.45) is 0 Å². The molecule has 0 atom stereocenters. The smallest absolute Gasteiger partial charge is 0.118 e. The number of hydrogen-bond donors (Lipinski definition) is 6. The molecule has 0 saturated heterocycles. The zero-order valence-corrected chi connectivity index (χ0v) is 77.4. The van der Waals surface area contributed by atoms with Crippen LogP contribution in [0.25, 0.3) is 262 Å². The minimum Gasteiger partial charge on any atom is -0.497 e. The molecule has 6 aliphatic rings. The molecule has 13 heteroatoms. The van der Waals surface area contributed by atoms with E-state index < -0.39 is 0 Å². The van der Waals surface area contributed by atoms with E-state index in [-0.39, 0.29) is 0 Å². The molecule has 138 heavy (non-hydrogen) atoms. The molecule has 662 valence electrons. The predicted octanol–water partition coefficient (Wildman–Crippen LogP) is 32.3. The number of H-pyrrole nitrogens is 6. The molecule has 0 spiro atoms. The first-order valence-electron chi connectivity index (χ1n) is 47.6. The molecule has 13 nitrogen and oxygen atoms in total. The fourth-order valence-corrected chi connectivity index (χ4v) is 20.6. The first-order chi connectivity index (χ1) is 67.9. The van der Waals surface area contributed by atoms with Crippen molar-refractivity contribution in [3.8, 4) is 128 Å². The van der Waals surface area contributed by atoms with Crippen molar-refractivity contribution >= 4 is 139 Å². The number of aromatic amines is 6. The molecular formula is C125H96N12O. The Morgan fingerprint density at radius 1 is 0.210 bits per heavy atom. The fraction of sp³-hybridized carbons (Fsp3) is 0.0880. The summed E-state index contributed by atoms with van der Waals surface area (Å²) in [4.78, 5) is 60.7. The second-order valence-corrected chi connectivity index (χ2v) is 36.5. The average molecular weight is 1780 g/mol. The van der Waals surface area contributed by atoms with Crippen LogP contribution in [0.4, 0.5) is 0 Å². The molecule has 9 aromatic carbocycles. The van der Waals surface area contributed by atoms with E-state index in [4.69, 9.17) is 34.6 Å². The molecule has 0 amide bonds. The molecule has 24 bridgehead atoms. The largest absolute Gasteiger partial charge is 0.497 e. The predicted molar refractivity (Wildman–Crippen MR) is 577 cm³/mol. The molecule has 0 aliphatic carbocycles. The third-order valence-electron chi connectivity index (χ3n) is 27.4. The van der Waals surface area contributed by atoms with Crippen LogP contribution in [0.3, 0.4) is 0 Å². The van der Waals surface area contributed by atoms with Crippen LogP contribution in [-0.2, 0) is 6.42 Å². The lowest BCUT2D eigenvalue weighted by molar-refractivity contribution is 0.415. The number of fused-ring (bicyclic) bond motifs is 24. The number of nitrogens with one attached hydrogen (secondary N) is 6. The van der Waals surface area contributed by atoms with Gasteiger partial charge in [0.25, 0.3) is 0 Å². The van der Waals surface area contributed by atoms with E-state index in [2.05, 4.69) is 429 Å². The Hall–Kier alpha value is -17.4. The second-order valence-electron chi connectivity index (χ2n) is 36.5. The Kier molecular flexibility index (Phi) is 21.3. The third kappa shape index (κ3) is 15.4. The number of rotatable bonds is 17. The van der Waals surface area contributed by atoms with Crippen molar-refractivity contribution in [2.75, 3.05) is 7.11 Å². The Bertz CT molecular complexity index is 8740. The number of benzene rings is 9. The maximum absolute atomic E-state index is 6.12. The van der Waals surface area contributed by atoms with E-state index in [0.717, 1.165) is 311 Å². The van der Waals surface area contributed by atoms with Crippen LogP contribution in [0, 0.1) is 27.7 Å². The van der Waals surface area contributed by atoms with Gasteiger partial charge in [-0.2, -0.15) is 0 Å². The van der Waals surface area contributed by atoms with Crippen molar-refractivity contribution in [3.63, 3.8) is 0 Å². The van der Waals surface area contributed by atoms with Gasteiger partial charge in [-0.05, 0) is 236 Å².